The molecule has 0 fully saturated rings. The molecule has 0 aliphatic heterocycles. The van der Waals surface area contributed by atoms with Gasteiger partial charge in [0, 0.05) is 0 Å². The number of rotatable bonds is 3. The monoisotopic (exact) mass is 296 g/mol. The Labute approximate surface area is 118 Å². The lowest BCUT2D eigenvalue weighted by Crippen LogP contribution is -2.05. The standard InChI is InChI=1S/C14H11Cl2OP/c1-9-5-2-3-8-12(9)18-14(17)13-10(15)6-4-7-11(13)16/h2-8,18H,1H3. The van der Waals surface area contributed by atoms with E-state index in [1.54, 1.807) is 18.2 Å². The van der Waals surface area contributed by atoms with Crippen molar-refractivity contribution in [3.8, 4) is 0 Å². The highest BCUT2D eigenvalue weighted by Crippen LogP contribution is 2.30. The second kappa shape index (κ2) is 5.84. The summed E-state index contributed by atoms with van der Waals surface area (Å²) in [5.74, 6) is 0. The second-order valence-corrected chi connectivity index (χ2v) is 5.92. The summed E-state index contributed by atoms with van der Waals surface area (Å²) in [5.41, 5.74) is 1.50. The summed E-state index contributed by atoms with van der Waals surface area (Å²) >= 11 is 12.1. The van der Waals surface area contributed by atoms with E-state index in [1.807, 2.05) is 31.2 Å². The normalized spacial score (nSPS) is 11.1. The molecule has 1 unspecified atom stereocenters. The van der Waals surface area contributed by atoms with Crippen molar-refractivity contribution >= 4 is 42.6 Å². The first-order chi connectivity index (χ1) is 8.59. The van der Waals surface area contributed by atoms with Gasteiger partial charge in [-0.25, -0.2) is 0 Å². The molecule has 0 spiro atoms. The van der Waals surface area contributed by atoms with Gasteiger partial charge in [-0.3, -0.25) is 4.79 Å². The van der Waals surface area contributed by atoms with Crippen molar-refractivity contribution < 1.29 is 4.79 Å². The maximum absolute atomic E-state index is 12.3. The Hall–Kier alpha value is -0.880. The number of carbonyl (C=O) groups excluding carboxylic acids is 1. The summed E-state index contributed by atoms with van der Waals surface area (Å²) in [7, 11) is 0.0395. The first-order valence-corrected chi connectivity index (χ1v) is 7.16. The van der Waals surface area contributed by atoms with Crippen LogP contribution in [0.5, 0.6) is 0 Å². The van der Waals surface area contributed by atoms with Gasteiger partial charge in [0.15, 0.2) is 5.52 Å². The molecule has 0 amide bonds. The van der Waals surface area contributed by atoms with E-state index in [0.29, 0.717) is 15.6 Å². The predicted octanol–water partition coefficient (Wildman–Crippen LogP) is 4.45. The highest BCUT2D eigenvalue weighted by molar-refractivity contribution is 7.66. The zero-order valence-electron chi connectivity index (χ0n) is 9.71. The summed E-state index contributed by atoms with van der Waals surface area (Å²) < 4.78 is 0. The van der Waals surface area contributed by atoms with Gasteiger partial charge in [-0.05, 0) is 38.5 Å². The number of hydrogen-bond donors (Lipinski definition) is 0. The van der Waals surface area contributed by atoms with E-state index in [2.05, 4.69) is 0 Å². The van der Waals surface area contributed by atoms with Gasteiger partial charge in [-0.2, -0.15) is 0 Å². The van der Waals surface area contributed by atoms with E-state index in [0.717, 1.165) is 10.9 Å². The molecule has 0 heterocycles. The van der Waals surface area contributed by atoms with Gasteiger partial charge in [-0.15, -0.1) is 0 Å². The molecule has 1 atom stereocenters. The smallest absolute Gasteiger partial charge is 0.188 e. The number of carbonyl (C=O) groups is 1. The third-order valence-electron chi connectivity index (χ3n) is 2.58. The zero-order chi connectivity index (χ0) is 13.1. The maximum Gasteiger partial charge on any atom is 0.188 e. The minimum absolute atomic E-state index is 0.0279. The molecule has 0 radical (unpaired) electrons. The Morgan fingerprint density at radius 1 is 1.00 bits per heavy atom. The number of halogens is 2. The summed E-state index contributed by atoms with van der Waals surface area (Å²) in [4.78, 5) is 12.3. The van der Waals surface area contributed by atoms with Gasteiger partial charge in [0.1, 0.15) is 0 Å². The van der Waals surface area contributed by atoms with E-state index >= 15 is 0 Å². The van der Waals surface area contributed by atoms with Gasteiger partial charge < -0.3 is 0 Å². The molecule has 0 aliphatic carbocycles. The fourth-order valence-electron chi connectivity index (χ4n) is 1.61. The molecule has 2 aromatic rings. The van der Waals surface area contributed by atoms with E-state index in [9.17, 15) is 4.79 Å². The topological polar surface area (TPSA) is 17.1 Å². The Balaban J connectivity index is 2.31. The number of aryl methyl sites for hydroxylation is 1. The van der Waals surface area contributed by atoms with Crippen molar-refractivity contribution in [1.29, 1.82) is 0 Å². The summed E-state index contributed by atoms with van der Waals surface area (Å²) in [6.45, 7) is 1.99. The SMILES string of the molecule is Cc1ccccc1PC(=O)c1c(Cl)cccc1Cl. The van der Waals surface area contributed by atoms with Gasteiger partial charge >= 0.3 is 0 Å². The number of hydrogen-bond acceptors (Lipinski definition) is 1. The second-order valence-electron chi connectivity index (χ2n) is 3.87. The van der Waals surface area contributed by atoms with Crippen molar-refractivity contribution in [3.63, 3.8) is 0 Å². The number of benzene rings is 2. The lowest BCUT2D eigenvalue weighted by Gasteiger charge is -2.07. The van der Waals surface area contributed by atoms with Crippen LogP contribution in [-0.2, 0) is 0 Å². The van der Waals surface area contributed by atoms with Crippen LogP contribution in [0.25, 0.3) is 0 Å². The fraction of sp³-hybridized carbons (Fsp3) is 0.0714. The molecule has 4 heteroatoms. The molecular weight excluding hydrogens is 286 g/mol. The average molecular weight is 297 g/mol. The van der Waals surface area contributed by atoms with E-state index in [4.69, 9.17) is 23.2 Å². The third kappa shape index (κ3) is 2.92. The molecule has 2 aromatic carbocycles. The average Bonchev–Trinajstić information content (AvgIpc) is 2.32. The zero-order valence-corrected chi connectivity index (χ0v) is 12.2. The molecule has 0 aliphatic rings. The highest BCUT2D eigenvalue weighted by atomic mass is 35.5. The molecule has 0 saturated heterocycles. The van der Waals surface area contributed by atoms with Crippen LogP contribution < -0.4 is 5.30 Å². The van der Waals surface area contributed by atoms with Crippen molar-refractivity contribution in [2.75, 3.05) is 0 Å². The molecule has 0 bridgehead atoms. The van der Waals surface area contributed by atoms with Crippen LogP contribution in [0.1, 0.15) is 15.9 Å². The van der Waals surface area contributed by atoms with Crippen molar-refractivity contribution in [3.05, 3.63) is 63.6 Å². The Morgan fingerprint density at radius 3 is 2.22 bits per heavy atom. The molecule has 0 N–H and O–H groups in total. The van der Waals surface area contributed by atoms with Crippen LogP contribution in [0.15, 0.2) is 42.5 Å². The van der Waals surface area contributed by atoms with Gasteiger partial charge in [0.25, 0.3) is 0 Å². The maximum atomic E-state index is 12.3. The molecular formula is C14H11Cl2OP. The lowest BCUT2D eigenvalue weighted by atomic mass is 10.2. The Bertz CT molecular complexity index is 576. The van der Waals surface area contributed by atoms with Crippen LogP contribution in [0.3, 0.4) is 0 Å². The predicted molar refractivity (Wildman–Crippen MR) is 79.9 cm³/mol. The van der Waals surface area contributed by atoms with Crippen molar-refractivity contribution in [2.24, 2.45) is 0 Å². The van der Waals surface area contributed by atoms with Crippen LogP contribution in [0, 0.1) is 6.92 Å². The largest absolute Gasteiger partial charge is 0.289 e. The van der Waals surface area contributed by atoms with Crippen LogP contribution in [0.2, 0.25) is 10.0 Å². The summed E-state index contributed by atoms with van der Waals surface area (Å²) in [6, 6.07) is 12.9. The van der Waals surface area contributed by atoms with Crippen LogP contribution >= 0.6 is 31.8 Å². The minimum atomic E-state index is -0.0279. The van der Waals surface area contributed by atoms with Crippen molar-refractivity contribution in [2.45, 2.75) is 6.92 Å². The molecule has 1 nitrogen and oxygen atoms in total. The van der Waals surface area contributed by atoms with Gasteiger partial charge in [0.2, 0.25) is 0 Å². The molecule has 92 valence electrons. The molecule has 2 rings (SSSR count). The minimum Gasteiger partial charge on any atom is -0.289 e. The summed E-state index contributed by atoms with van der Waals surface area (Å²) in [6.07, 6.45) is 0. The Morgan fingerprint density at radius 2 is 1.61 bits per heavy atom. The Kier molecular flexibility index (Phi) is 4.40. The first-order valence-electron chi connectivity index (χ1n) is 5.40. The molecule has 18 heavy (non-hydrogen) atoms. The van der Waals surface area contributed by atoms with Crippen LogP contribution in [-0.4, -0.2) is 5.52 Å². The summed E-state index contributed by atoms with van der Waals surface area (Å²) in [5, 5.41) is 1.85. The van der Waals surface area contributed by atoms with E-state index in [1.165, 1.54) is 0 Å². The third-order valence-corrected chi connectivity index (χ3v) is 4.52. The van der Waals surface area contributed by atoms with Gasteiger partial charge in [-0.1, -0.05) is 53.5 Å². The van der Waals surface area contributed by atoms with Crippen molar-refractivity contribution in [1.82, 2.24) is 0 Å². The molecule has 0 aromatic heterocycles. The van der Waals surface area contributed by atoms with E-state index in [-0.39, 0.29) is 14.1 Å². The van der Waals surface area contributed by atoms with E-state index < -0.39 is 0 Å². The fourth-order valence-corrected chi connectivity index (χ4v) is 3.44. The first kappa shape index (κ1) is 13.5. The lowest BCUT2D eigenvalue weighted by molar-refractivity contribution is 0.108. The van der Waals surface area contributed by atoms with Crippen LogP contribution in [0.4, 0.5) is 0 Å². The quantitative estimate of drug-likeness (QED) is 0.765. The van der Waals surface area contributed by atoms with Gasteiger partial charge in [0.05, 0.1) is 15.6 Å². The highest BCUT2D eigenvalue weighted by Gasteiger charge is 2.15. The molecule has 0 saturated carbocycles.